The van der Waals surface area contributed by atoms with Gasteiger partial charge in [-0.25, -0.2) is 4.79 Å². The monoisotopic (exact) mass is 604 g/mol. The van der Waals surface area contributed by atoms with E-state index in [4.69, 9.17) is 15.2 Å². The molecule has 242 valence electrons. The van der Waals surface area contributed by atoms with E-state index in [0.29, 0.717) is 12.0 Å². The van der Waals surface area contributed by atoms with Crippen molar-refractivity contribution in [3.8, 4) is 0 Å². The Labute approximate surface area is 256 Å². The van der Waals surface area contributed by atoms with Gasteiger partial charge in [-0.15, -0.1) is 0 Å². The Morgan fingerprint density at radius 3 is 2.23 bits per heavy atom. The van der Waals surface area contributed by atoms with Gasteiger partial charge in [0.1, 0.15) is 17.7 Å². The SMILES string of the molecule is CCCCCCCCN(C(=O)C(CC(N)=O)NC(=O)OC(C)(C)C)C(C(=O)NCCC(=O)OCC)c1cc(C)ccc1C. The molecule has 2 unspecified atom stereocenters. The molecule has 4 amide bonds. The third-order valence-corrected chi connectivity index (χ3v) is 6.65. The van der Waals surface area contributed by atoms with Crippen LogP contribution in [0.25, 0.3) is 0 Å². The lowest BCUT2D eigenvalue weighted by Gasteiger charge is -2.35. The fourth-order valence-electron chi connectivity index (χ4n) is 4.60. The summed E-state index contributed by atoms with van der Waals surface area (Å²) >= 11 is 0. The molecule has 0 fully saturated rings. The standard InChI is InChI=1S/C32H52N4O7/c1-8-10-11-12-13-14-19-36(30(40)25(21-26(33)37)35-31(41)43-32(5,6)7)28(24-20-22(3)15-16-23(24)4)29(39)34-18-17-27(38)42-9-2/h15-16,20,25,28H,8-14,17-19,21H2,1-7H3,(H2,33,37)(H,34,39)(H,35,41). The summed E-state index contributed by atoms with van der Waals surface area (Å²) in [6, 6.07) is 3.18. The number of alkyl carbamates (subject to hydrolysis) is 1. The molecule has 2 atom stereocenters. The number of carbonyl (C=O) groups is 5. The summed E-state index contributed by atoms with van der Waals surface area (Å²) in [6.07, 6.45) is 4.27. The number of hydrogen-bond donors (Lipinski definition) is 3. The first-order chi connectivity index (χ1) is 20.2. The van der Waals surface area contributed by atoms with Gasteiger partial charge in [-0.05, 0) is 59.1 Å². The molecule has 4 N–H and O–H groups in total. The smallest absolute Gasteiger partial charge is 0.408 e. The lowest BCUT2D eigenvalue weighted by atomic mass is 9.95. The van der Waals surface area contributed by atoms with Crippen LogP contribution in [0, 0.1) is 13.8 Å². The molecule has 11 nitrogen and oxygen atoms in total. The first-order valence-corrected chi connectivity index (χ1v) is 15.3. The van der Waals surface area contributed by atoms with Crippen molar-refractivity contribution in [3.05, 3.63) is 34.9 Å². The lowest BCUT2D eigenvalue weighted by molar-refractivity contribution is -0.144. The van der Waals surface area contributed by atoms with E-state index in [9.17, 15) is 24.0 Å². The molecule has 0 heterocycles. The molecular formula is C32H52N4O7. The van der Waals surface area contributed by atoms with Crippen LogP contribution in [0.3, 0.4) is 0 Å². The third-order valence-electron chi connectivity index (χ3n) is 6.65. The largest absolute Gasteiger partial charge is 0.466 e. The summed E-state index contributed by atoms with van der Waals surface area (Å²) < 4.78 is 10.3. The third kappa shape index (κ3) is 14.4. The maximum Gasteiger partial charge on any atom is 0.408 e. The van der Waals surface area contributed by atoms with Crippen molar-refractivity contribution in [1.82, 2.24) is 15.5 Å². The second kappa shape index (κ2) is 18.8. The number of nitrogens with two attached hydrogens (primary N) is 1. The first kappa shape index (κ1) is 37.4. The van der Waals surface area contributed by atoms with Gasteiger partial charge in [0, 0.05) is 13.1 Å². The molecular weight excluding hydrogens is 552 g/mol. The second-order valence-corrected chi connectivity index (χ2v) is 11.8. The number of esters is 1. The van der Waals surface area contributed by atoms with Crippen LogP contribution in [0.5, 0.6) is 0 Å². The van der Waals surface area contributed by atoms with E-state index < -0.39 is 53.9 Å². The zero-order valence-electron chi connectivity index (χ0n) is 27.0. The molecule has 0 aliphatic rings. The fourth-order valence-corrected chi connectivity index (χ4v) is 4.60. The number of benzene rings is 1. The van der Waals surface area contributed by atoms with Gasteiger partial charge < -0.3 is 30.7 Å². The summed E-state index contributed by atoms with van der Waals surface area (Å²) in [6.45, 7) is 13.0. The highest BCUT2D eigenvalue weighted by molar-refractivity contribution is 5.94. The zero-order valence-corrected chi connectivity index (χ0v) is 27.0. The van der Waals surface area contributed by atoms with E-state index >= 15 is 0 Å². The topological polar surface area (TPSA) is 157 Å². The number of aryl methyl sites for hydroxylation is 2. The number of amides is 4. The second-order valence-electron chi connectivity index (χ2n) is 11.8. The van der Waals surface area contributed by atoms with Crippen molar-refractivity contribution in [2.24, 2.45) is 5.73 Å². The predicted molar refractivity (Wildman–Crippen MR) is 165 cm³/mol. The van der Waals surface area contributed by atoms with Crippen LogP contribution >= 0.6 is 0 Å². The molecule has 0 aliphatic carbocycles. The van der Waals surface area contributed by atoms with Crippen LogP contribution in [0.15, 0.2) is 18.2 Å². The minimum absolute atomic E-state index is 0.0128. The summed E-state index contributed by atoms with van der Waals surface area (Å²) in [5, 5.41) is 5.29. The fraction of sp³-hybridized carbons (Fsp3) is 0.656. The Hall–Kier alpha value is -3.63. The lowest BCUT2D eigenvalue weighted by Crippen LogP contribution is -2.54. The number of hydrogen-bond acceptors (Lipinski definition) is 7. The van der Waals surface area contributed by atoms with Crippen molar-refractivity contribution in [3.63, 3.8) is 0 Å². The average molecular weight is 605 g/mol. The highest BCUT2D eigenvalue weighted by Crippen LogP contribution is 2.28. The number of nitrogens with zero attached hydrogens (tertiary/aromatic N) is 1. The Bertz CT molecular complexity index is 1080. The summed E-state index contributed by atoms with van der Waals surface area (Å²) in [5.74, 6) is -2.37. The Morgan fingerprint density at radius 1 is 0.977 bits per heavy atom. The highest BCUT2D eigenvalue weighted by atomic mass is 16.6. The molecule has 43 heavy (non-hydrogen) atoms. The maximum absolute atomic E-state index is 14.2. The first-order valence-electron chi connectivity index (χ1n) is 15.3. The Balaban J connectivity index is 3.52. The van der Waals surface area contributed by atoms with E-state index in [-0.39, 0.29) is 26.1 Å². The Morgan fingerprint density at radius 2 is 1.63 bits per heavy atom. The van der Waals surface area contributed by atoms with Gasteiger partial charge in [0.15, 0.2) is 0 Å². The molecule has 11 heteroatoms. The molecule has 1 aromatic carbocycles. The molecule has 0 spiro atoms. The summed E-state index contributed by atoms with van der Waals surface area (Å²) in [5.41, 5.74) is 6.91. The zero-order chi connectivity index (χ0) is 32.6. The van der Waals surface area contributed by atoms with Gasteiger partial charge in [-0.3, -0.25) is 19.2 Å². The van der Waals surface area contributed by atoms with Gasteiger partial charge in [-0.1, -0.05) is 62.8 Å². The Kier molecular flexibility index (Phi) is 16.4. The van der Waals surface area contributed by atoms with Crippen LogP contribution in [-0.4, -0.2) is 66.0 Å². The number of nitrogens with one attached hydrogen (secondary N) is 2. The molecule has 0 bridgehead atoms. The quantitative estimate of drug-likeness (QED) is 0.166. The van der Waals surface area contributed by atoms with E-state index in [1.54, 1.807) is 27.7 Å². The molecule has 1 rings (SSSR count). The van der Waals surface area contributed by atoms with E-state index in [1.807, 2.05) is 32.0 Å². The molecule has 0 radical (unpaired) electrons. The highest BCUT2D eigenvalue weighted by Gasteiger charge is 2.37. The van der Waals surface area contributed by atoms with Gasteiger partial charge in [-0.2, -0.15) is 0 Å². The van der Waals surface area contributed by atoms with Crippen molar-refractivity contribution >= 4 is 29.8 Å². The average Bonchev–Trinajstić information content (AvgIpc) is 2.89. The number of primary amides is 1. The normalized spacial score (nSPS) is 12.5. The van der Waals surface area contributed by atoms with Crippen LogP contribution in [0.1, 0.15) is 109 Å². The van der Waals surface area contributed by atoms with Crippen LogP contribution in [0.2, 0.25) is 0 Å². The molecule has 0 aliphatic heterocycles. The predicted octanol–water partition coefficient (Wildman–Crippen LogP) is 4.37. The number of carbonyl (C=O) groups excluding carboxylic acids is 5. The van der Waals surface area contributed by atoms with Crippen molar-refractivity contribution in [2.75, 3.05) is 19.7 Å². The van der Waals surface area contributed by atoms with Gasteiger partial charge in [0.2, 0.25) is 17.7 Å². The number of rotatable bonds is 18. The minimum atomic E-state index is -1.35. The van der Waals surface area contributed by atoms with E-state index in [1.165, 1.54) is 4.90 Å². The van der Waals surface area contributed by atoms with E-state index in [2.05, 4.69) is 17.6 Å². The molecule has 0 saturated heterocycles. The van der Waals surface area contributed by atoms with Crippen molar-refractivity contribution in [2.45, 2.75) is 118 Å². The van der Waals surface area contributed by atoms with Crippen molar-refractivity contribution < 1.29 is 33.4 Å². The van der Waals surface area contributed by atoms with Crippen LogP contribution in [0.4, 0.5) is 4.79 Å². The molecule has 0 saturated carbocycles. The summed E-state index contributed by atoms with van der Waals surface area (Å²) in [7, 11) is 0. The molecule has 0 aromatic heterocycles. The number of unbranched alkanes of at least 4 members (excludes halogenated alkanes) is 5. The summed E-state index contributed by atoms with van der Waals surface area (Å²) in [4.78, 5) is 66.1. The van der Waals surface area contributed by atoms with Crippen LogP contribution in [-0.2, 0) is 28.7 Å². The van der Waals surface area contributed by atoms with Gasteiger partial charge in [0.25, 0.3) is 0 Å². The van der Waals surface area contributed by atoms with Crippen LogP contribution < -0.4 is 16.4 Å². The van der Waals surface area contributed by atoms with Gasteiger partial charge >= 0.3 is 12.1 Å². The van der Waals surface area contributed by atoms with Gasteiger partial charge in [0.05, 0.1) is 19.4 Å². The van der Waals surface area contributed by atoms with E-state index in [0.717, 1.165) is 43.2 Å². The maximum atomic E-state index is 14.2. The number of ether oxygens (including phenoxy) is 2. The molecule has 1 aromatic rings. The van der Waals surface area contributed by atoms with Crippen molar-refractivity contribution in [1.29, 1.82) is 0 Å². The minimum Gasteiger partial charge on any atom is -0.466 e.